The molecule has 13 nitrogen and oxygen atoms in total. The van der Waals surface area contributed by atoms with Crippen molar-refractivity contribution >= 4 is 52.9 Å². The summed E-state index contributed by atoms with van der Waals surface area (Å²) in [7, 11) is 0. The van der Waals surface area contributed by atoms with Gasteiger partial charge in [-0.05, 0) is 58.4 Å². The molecule has 222 valence electrons. The monoisotopic (exact) mass is 618 g/mol. The third kappa shape index (κ3) is 7.68. The molecule has 3 aromatic rings. The van der Waals surface area contributed by atoms with Gasteiger partial charge in [0.25, 0.3) is 17.7 Å². The van der Waals surface area contributed by atoms with Gasteiger partial charge in [-0.2, -0.15) is 15.2 Å². The number of azo groups is 1. The molecule has 0 unspecified atom stereocenters. The first-order valence-electron chi connectivity index (χ1n) is 12.6. The number of nitrogens with one attached hydrogen (secondary N) is 2. The topological polar surface area (TPSA) is 174 Å². The Morgan fingerprint density at radius 3 is 2.05 bits per heavy atom. The molecule has 0 aliphatic rings. The number of hydrogen-bond acceptors (Lipinski definition) is 11. The second-order valence-electron chi connectivity index (χ2n) is 9.18. The lowest BCUT2D eigenvalue weighted by atomic mass is 9.83. The van der Waals surface area contributed by atoms with Crippen LogP contribution in [0.15, 0.2) is 51.1 Å². The summed E-state index contributed by atoms with van der Waals surface area (Å²) in [6, 6.07) is 8.40. The summed E-state index contributed by atoms with van der Waals surface area (Å²) in [5.74, 6) is -1.74. The molecule has 0 aliphatic heterocycles. The van der Waals surface area contributed by atoms with Gasteiger partial charge in [0, 0.05) is 21.2 Å². The highest BCUT2D eigenvalue weighted by Gasteiger charge is 2.34. The van der Waals surface area contributed by atoms with Crippen LogP contribution in [-0.2, 0) is 24.5 Å². The van der Waals surface area contributed by atoms with Crippen LogP contribution >= 0.6 is 23.2 Å². The molecular weight excluding hydrogens is 591 g/mol. The number of carbonyl (C=O) groups is 4. The molecule has 0 saturated carbocycles. The first-order valence-corrected chi connectivity index (χ1v) is 13.4. The molecule has 0 saturated heterocycles. The van der Waals surface area contributed by atoms with Crippen LogP contribution < -0.4 is 10.6 Å². The minimum atomic E-state index is -1.97. The van der Waals surface area contributed by atoms with Crippen molar-refractivity contribution in [2.45, 2.75) is 46.1 Å². The van der Waals surface area contributed by atoms with Crippen LogP contribution in [-0.4, -0.2) is 53.4 Å². The summed E-state index contributed by atoms with van der Waals surface area (Å²) in [6.07, 6.45) is -2.23. The highest BCUT2D eigenvalue weighted by Crippen LogP contribution is 2.42. The summed E-state index contributed by atoms with van der Waals surface area (Å²) in [6.45, 7) is 8.53. The molecule has 42 heavy (non-hydrogen) atoms. The van der Waals surface area contributed by atoms with Crippen LogP contribution in [0.1, 0.15) is 44.6 Å². The van der Waals surface area contributed by atoms with E-state index < -0.39 is 35.5 Å². The van der Waals surface area contributed by atoms with Gasteiger partial charge in [0.2, 0.25) is 6.04 Å². The van der Waals surface area contributed by atoms with E-state index in [9.17, 15) is 19.2 Å². The highest BCUT2D eigenvalue weighted by atomic mass is 35.5. The quantitative estimate of drug-likeness (QED) is 0.226. The summed E-state index contributed by atoms with van der Waals surface area (Å²) >= 11 is 13.2. The second-order valence-corrected chi connectivity index (χ2v) is 10.00. The zero-order valence-corrected chi connectivity index (χ0v) is 24.9. The molecule has 0 spiro atoms. The molecular formula is C27H28Cl2N6O7. The van der Waals surface area contributed by atoms with E-state index in [-0.39, 0.29) is 28.9 Å². The summed E-state index contributed by atoms with van der Waals surface area (Å²) in [5.41, 5.74) is 1.35. The van der Waals surface area contributed by atoms with Gasteiger partial charge in [-0.1, -0.05) is 46.6 Å². The van der Waals surface area contributed by atoms with Gasteiger partial charge >= 0.3 is 12.2 Å². The fraction of sp³-hybridized carbons (Fsp3) is 0.333. The first-order chi connectivity index (χ1) is 19.9. The van der Waals surface area contributed by atoms with E-state index in [2.05, 4.69) is 29.8 Å². The Bertz CT molecular complexity index is 1470. The third-order valence-electron chi connectivity index (χ3n) is 5.80. The van der Waals surface area contributed by atoms with Crippen LogP contribution in [0.25, 0.3) is 11.5 Å². The maximum atomic E-state index is 12.6. The van der Waals surface area contributed by atoms with E-state index in [0.29, 0.717) is 17.3 Å². The Hall–Kier alpha value is -4.36. The number of halogens is 2. The number of nitrogens with zero attached hydrogens (tertiary/aromatic N) is 4. The SMILES string of the molecule is CCOC(=O)NC(=O)C(N=Nc1cc(Cl)c(C(C)(C)c2noc(-c3ccccc3C)n2)c(Cl)c1)C(=O)NC(=O)OCC. The van der Waals surface area contributed by atoms with Crippen LogP contribution in [0.2, 0.25) is 10.0 Å². The van der Waals surface area contributed by atoms with Crippen molar-refractivity contribution in [2.75, 3.05) is 13.2 Å². The van der Waals surface area contributed by atoms with E-state index in [0.717, 1.165) is 11.1 Å². The summed E-state index contributed by atoms with van der Waals surface area (Å²) in [4.78, 5) is 53.2. The minimum absolute atomic E-state index is 0.0307. The number of amides is 4. The van der Waals surface area contributed by atoms with Crippen LogP contribution in [0.4, 0.5) is 15.3 Å². The van der Waals surface area contributed by atoms with Crippen molar-refractivity contribution in [1.29, 1.82) is 0 Å². The minimum Gasteiger partial charge on any atom is -0.450 e. The lowest BCUT2D eigenvalue weighted by Crippen LogP contribution is -2.48. The number of aryl methyl sites for hydroxylation is 1. The van der Waals surface area contributed by atoms with E-state index in [1.165, 1.54) is 26.0 Å². The fourth-order valence-corrected chi connectivity index (χ4v) is 4.69. The Balaban J connectivity index is 1.91. The van der Waals surface area contributed by atoms with Crippen LogP contribution in [0.5, 0.6) is 0 Å². The number of ether oxygens (including phenoxy) is 2. The molecule has 0 radical (unpaired) electrons. The van der Waals surface area contributed by atoms with Crippen molar-refractivity contribution in [3.05, 3.63) is 63.4 Å². The number of rotatable bonds is 9. The van der Waals surface area contributed by atoms with Crippen molar-refractivity contribution < 1.29 is 33.2 Å². The lowest BCUT2D eigenvalue weighted by molar-refractivity contribution is -0.130. The predicted octanol–water partition coefficient (Wildman–Crippen LogP) is 5.68. The number of imide groups is 2. The average molecular weight is 619 g/mol. The molecule has 0 aliphatic carbocycles. The molecule has 15 heteroatoms. The number of carbonyl (C=O) groups excluding carboxylic acids is 4. The number of benzene rings is 2. The van der Waals surface area contributed by atoms with Gasteiger partial charge in [0.05, 0.1) is 24.3 Å². The Morgan fingerprint density at radius 1 is 0.976 bits per heavy atom. The van der Waals surface area contributed by atoms with E-state index in [1.54, 1.807) is 0 Å². The van der Waals surface area contributed by atoms with Crippen LogP contribution in [0, 0.1) is 6.92 Å². The first kappa shape index (κ1) is 32.2. The Morgan fingerprint density at radius 2 is 1.52 bits per heavy atom. The number of hydrogen-bond donors (Lipinski definition) is 2. The zero-order valence-electron chi connectivity index (χ0n) is 23.4. The van der Waals surface area contributed by atoms with Crippen molar-refractivity contribution in [2.24, 2.45) is 10.2 Å². The summed E-state index contributed by atoms with van der Waals surface area (Å²) in [5, 5.41) is 15.8. The Kier molecular flexibility index (Phi) is 10.7. The second kappa shape index (κ2) is 14.0. The zero-order chi connectivity index (χ0) is 31.0. The lowest BCUT2D eigenvalue weighted by Gasteiger charge is -2.24. The molecule has 1 aromatic heterocycles. The van der Waals surface area contributed by atoms with Gasteiger partial charge in [0.15, 0.2) is 5.82 Å². The maximum Gasteiger partial charge on any atom is 0.413 e. The van der Waals surface area contributed by atoms with E-state index in [4.69, 9.17) is 27.7 Å². The molecule has 1 heterocycles. The van der Waals surface area contributed by atoms with Crippen LogP contribution in [0.3, 0.4) is 0 Å². The highest BCUT2D eigenvalue weighted by molar-refractivity contribution is 6.36. The van der Waals surface area contributed by atoms with Gasteiger partial charge in [0.1, 0.15) is 0 Å². The van der Waals surface area contributed by atoms with Gasteiger partial charge in [-0.15, -0.1) is 0 Å². The maximum absolute atomic E-state index is 12.6. The Labute approximate surface area is 251 Å². The predicted molar refractivity (Wildman–Crippen MR) is 152 cm³/mol. The number of aromatic nitrogens is 2. The van der Waals surface area contributed by atoms with E-state index >= 15 is 0 Å². The molecule has 3 rings (SSSR count). The van der Waals surface area contributed by atoms with Gasteiger partial charge < -0.3 is 14.0 Å². The fourth-order valence-electron chi connectivity index (χ4n) is 3.75. The average Bonchev–Trinajstić information content (AvgIpc) is 3.40. The molecule has 4 amide bonds. The molecule has 2 N–H and O–H groups in total. The van der Waals surface area contributed by atoms with Gasteiger partial charge in [-0.3, -0.25) is 20.2 Å². The molecule has 2 aromatic carbocycles. The van der Waals surface area contributed by atoms with Gasteiger partial charge in [-0.25, -0.2) is 9.59 Å². The third-order valence-corrected chi connectivity index (χ3v) is 6.40. The molecule has 0 atom stereocenters. The standard InChI is InChI=1S/C27H28Cl2N6O7/c1-6-40-25(38)30-21(36)20(22(37)31-26(39)41-7-2)34-33-15-12-17(28)19(18(29)13-15)27(4,5)24-32-23(42-35-24)16-11-9-8-10-14(16)3/h8-13,20H,6-7H2,1-5H3,(H,30,36,38)(H,31,37,39). The largest absolute Gasteiger partial charge is 0.450 e. The van der Waals surface area contributed by atoms with Crippen molar-refractivity contribution in [3.8, 4) is 11.5 Å². The normalized spacial score (nSPS) is 11.4. The smallest absolute Gasteiger partial charge is 0.413 e. The summed E-state index contributed by atoms with van der Waals surface area (Å²) < 4.78 is 14.8. The van der Waals surface area contributed by atoms with Crippen molar-refractivity contribution in [3.63, 3.8) is 0 Å². The number of alkyl carbamates (subject to hydrolysis) is 2. The molecule has 0 bridgehead atoms. The molecule has 0 fully saturated rings. The van der Waals surface area contributed by atoms with Crippen molar-refractivity contribution in [1.82, 2.24) is 20.8 Å². The van der Waals surface area contributed by atoms with E-state index in [1.807, 2.05) is 55.7 Å².